The molecule has 1 saturated heterocycles. The van der Waals surface area contributed by atoms with Crippen molar-refractivity contribution in [3.05, 3.63) is 142 Å². The number of rotatable bonds is 16. The second kappa shape index (κ2) is 19.7. The summed E-state index contributed by atoms with van der Waals surface area (Å²) in [4.78, 5) is 32.1. The first kappa shape index (κ1) is 49.3. The third-order valence-electron chi connectivity index (χ3n) is 15.1. The molecule has 2 aromatic heterocycles. The second-order valence-electron chi connectivity index (χ2n) is 20.2. The molecule has 4 aliphatic rings. The maximum Gasteiger partial charge on any atom is 0.248 e. The minimum atomic E-state index is -1.32. The second-order valence-corrected chi connectivity index (χ2v) is 20.2. The lowest BCUT2D eigenvalue weighted by Gasteiger charge is -2.30. The van der Waals surface area contributed by atoms with Crippen molar-refractivity contribution in [3.8, 4) is 39.3 Å². The van der Waals surface area contributed by atoms with Crippen LogP contribution in [0.2, 0.25) is 0 Å². The minimum Gasteiger partial charge on any atom is -0.486 e. The summed E-state index contributed by atoms with van der Waals surface area (Å²) in [6.45, 7) is 6.93. The van der Waals surface area contributed by atoms with Crippen LogP contribution in [-0.2, 0) is 16.2 Å². The van der Waals surface area contributed by atoms with Crippen molar-refractivity contribution in [3.63, 3.8) is 0 Å². The number of nitrogens with two attached hydrogens (primary N) is 1. The fourth-order valence-corrected chi connectivity index (χ4v) is 11.0. The molecule has 2 fully saturated rings. The highest BCUT2D eigenvalue weighted by Gasteiger charge is 2.41. The van der Waals surface area contributed by atoms with E-state index in [1.807, 2.05) is 38.1 Å². The lowest BCUT2D eigenvalue weighted by molar-refractivity contribution is -0.142. The molecule has 19 heteroatoms. The van der Waals surface area contributed by atoms with E-state index < -0.39 is 59.5 Å². The summed E-state index contributed by atoms with van der Waals surface area (Å²) < 4.78 is 67.0. The van der Waals surface area contributed by atoms with Gasteiger partial charge in [0.1, 0.15) is 41.5 Å². The molecule has 7 N–H and O–H groups in total. The number of aromatic nitrogens is 5. The number of carbonyl (C=O) groups is 2. The molecule has 2 amide bonds. The van der Waals surface area contributed by atoms with Gasteiger partial charge in [-0.3, -0.25) is 14.7 Å². The number of aliphatic hydroxyl groups excluding tert-OH is 1. The van der Waals surface area contributed by atoms with Crippen molar-refractivity contribution in [2.45, 2.75) is 83.1 Å². The Hall–Kier alpha value is -7.90. The number of ether oxygens (including phenoxy) is 1. The molecule has 0 radical (unpaired) electrons. The molecule has 386 valence electrons. The quantitative estimate of drug-likeness (QED) is 0.0235. The average molecular weight is 1020 g/mol. The molecule has 0 spiro atoms. The lowest BCUT2D eigenvalue weighted by Crippen LogP contribution is -2.50. The average Bonchev–Trinajstić information content (AvgIpc) is 3.97. The van der Waals surface area contributed by atoms with E-state index in [2.05, 4.69) is 43.1 Å². The van der Waals surface area contributed by atoms with Gasteiger partial charge in [0.05, 0.1) is 24.4 Å². The zero-order valence-corrected chi connectivity index (χ0v) is 41.4. The van der Waals surface area contributed by atoms with Crippen LogP contribution >= 0.6 is 0 Å². The Labute approximate surface area is 429 Å². The van der Waals surface area contributed by atoms with Crippen molar-refractivity contribution in [2.24, 2.45) is 5.92 Å². The number of nitrogen functional groups attached to an aromatic ring is 1. The Morgan fingerprint density at radius 1 is 0.960 bits per heavy atom. The SMILES string of the molecule is Cc1c(F)cc(N)c(C=N)c1-c1c(C2CC2)cc2c(N3C[C@@H]4C=C3CN4)n[nH]c2c1OCc1ccc(-c2cn([C@H](C(=O)N3CCC[C@H]3C(=O)N[C@@H](CO)c3ccc(-c4c(F)ccc(F)c4F)cc3)C(C)C)nn2)cc1. The molecule has 4 atom stereocenters. The van der Waals surface area contributed by atoms with Crippen LogP contribution < -0.4 is 26.0 Å². The Bertz CT molecular complexity index is 3430. The number of likely N-dealkylation sites (tertiary alicyclic amines) is 1. The molecule has 3 aliphatic heterocycles. The van der Waals surface area contributed by atoms with Crippen molar-refractivity contribution < 1.29 is 37.0 Å². The first-order valence-electron chi connectivity index (χ1n) is 25.2. The van der Waals surface area contributed by atoms with Gasteiger partial charge in [-0.15, -0.1) is 5.10 Å². The maximum absolute atomic E-state index is 15.7. The number of amides is 2. The third-order valence-corrected chi connectivity index (χ3v) is 15.1. The first-order chi connectivity index (χ1) is 36.2. The summed E-state index contributed by atoms with van der Waals surface area (Å²) in [5.74, 6) is -3.48. The van der Waals surface area contributed by atoms with Gasteiger partial charge < -0.3 is 41.4 Å². The molecule has 5 heterocycles. The van der Waals surface area contributed by atoms with Gasteiger partial charge in [-0.1, -0.05) is 67.6 Å². The van der Waals surface area contributed by atoms with Gasteiger partial charge in [0, 0.05) is 70.9 Å². The molecule has 7 aromatic rings. The molecule has 1 aliphatic carbocycles. The number of anilines is 2. The van der Waals surface area contributed by atoms with Gasteiger partial charge in [-0.2, -0.15) is 5.10 Å². The number of benzene rings is 5. The van der Waals surface area contributed by atoms with Crippen LogP contribution in [0.3, 0.4) is 0 Å². The van der Waals surface area contributed by atoms with Crippen LogP contribution in [0.5, 0.6) is 5.75 Å². The number of hydrogen-bond donors (Lipinski definition) is 6. The Morgan fingerprint density at radius 2 is 1.71 bits per heavy atom. The van der Waals surface area contributed by atoms with Crippen molar-refractivity contribution in [2.75, 3.05) is 36.9 Å². The standard InChI is InChI=1S/C56H55F4N11O4/c1-28(2)52(56(74)69-18-4-5-46(69)55(73)64-45(26-72)33-12-14-34(15-13-33)48-40(57)16-17-41(58)50(48)60)71-25-44(65-68-71)32-8-6-30(7-9-32)27-75-53-49(47-29(3)42(59)21-43(62)39(47)22-61)37(31-10-11-31)20-38-51(53)66-67-54(38)70-24-35-19-36(70)23-63-35/h6-9,12-17,19-22,25,28,31,35,45-46,52,61,63,72H,4-5,10-11,18,23-24,26-27,62H2,1-3H3,(H,64,73)(H,66,67)/t35-,45-,46-,52-/m0/s1. The number of fused-ring (bicyclic) bond motifs is 2. The highest BCUT2D eigenvalue weighted by molar-refractivity contribution is 6.05. The summed E-state index contributed by atoms with van der Waals surface area (Å²) in [5, 5.41) is 42.9. The van der Waals surface area contributed by atoms with Crippen molar-refractivity contribution in [1.29, 1.82) is 5.41 Å². The van der Waals surface area contributed by atoms with Gasteiger partial charge in [0.2, 0.25) is 11.8 Å². The van der Waals surface area contributed by atoms with Gasteiger partial charge in [-0.25, -0.2) is 22.2 Å². The number of nitrogens with one attached hydrogen (secondary N) is 4. The number of nitrogens with zero attached hydrogens (tertiary/aromatic N) is 6. The predicted molar refractivity (Wildman–Crippen MR) is 276 cm³/mol. The van der Waals surface area contributed by atoms with Gasteiger partial charge in [-0.05, 0) is 103 Å². The summed E-state index contributed by atoms with van der Waals surface area (Å²) in [5.41, 5.74) is 13.4. The van der Waals surface area contributed by atoms with Crippen LogP contribution in [0.4, 0.5) is 29.1 Å². The van der Waals surface area contributed by atoms with E-state index in [0.29, 0.717) is 70.2 Å². The summed E-state index contributed by atoms with van der Waals surface area (Å²) in [7, 11) is 0. The molecule has 15 nitrogen and oxygen atoms in total. The van der Waals surface area contributed by atoms with Crippen molar-refractivity contribution in [1.82, 2.24) is 40.7 Å². The van der Waals surface area contributed by atoms with Gasteiger partial charge in [0.25, 0.3) is 0 Å². The van der Waals surface area contributed by atoms with E-state index in [-0.39, 0.29) is 41.6 Å². The van der Waals surface area contributed by atoms with E-state index in [9.17, 15) is 27.9 Å². The fraction of sp³-hybridized carbons (Fsp3) is 0.321. The number of halogens is 4. The number of hydrogen-bond acceptors (Lipinski definition) is 11. The fourth-order valence-electron chi connectivity index (χ4n) is 11.0. The summed E-state index contributed by atoms with van der Waals surface area (Å²) in [6.07, 6.45) is 7.96. The van der Waals surface area contributed by atoms with E-state index in [1.165, 1.54) is 46.1 Å². The maximum atomic E-state index is 15.7. The van der Waals surface area contributed by atoms with Crippen LogP contribution in [0.1, 0.15) is 85.3 Å². The number of piperazine rings is 1. The molecule has 0 unspecified atom stereocenters. The molecule has 5 aromatic carbocycles. The highest BCUT2D eigenvalue weighted by atomic mass is 19.2. The minimum absolute atomic E-state index is 0.0815. The van der Waals surface area contributed by atoms with E-state index in [0.717, 1.165) is 65.6 Å². The molecule has 2 bridgehead atoms. The van der Waals surface area contributed by atoms with E-state index in [4.69, 9.17) is 21.0 Å². The number of carbonyl (C=O) groups excluding carboxylic acids is 2. The normalized spacial score (nSPS) is 18.0. The van der Waals surface area contributed by atoms with Crippen LogP contribution in [-0.4, -0.2) is 91.6 Å². The molecular weight excluding hydrogens is 967 g/mol. The Kier molecular flexibility index (Phi) is 13.0. The van der Waals surface area contributed by atoms with Crippen molar-refractivity contribution >= 4 is 40.4 Å². The number of H-pyrrole nitrogens is 1. The van der Waals surface area contributed by atoms with E-state index >= 15 is 4.39 Å². The van der Waals surface area contributed by atoms with Crippen LogP contribution in [0, 0.1) is 41.5 Å². The zero-order chi connectivity index (χ0) is 52.4. The smallest absolute Gasteiger partial charge is 0.248 e. The number of aromatic amines is 1. The van der Waals surface area contributed by atoms with E-state index in [1.54, 1.807) is 13.1 Å². The zero-order valence-electron chi connectivity index (χ0n) is 41.4. The molecule has 1 saturated carbocycles. The van der Waals surface area contributed by atoms with Crippen LogP contribution in [0.25, 0.3) is 44.4 Å². The molecular formula is C56H55F4N11O4. The summed E-state index contributed by atoms with van der Waals surface area (Å²) in [6, 6.07) is 16.0. The number of aliphatic hydroxyl groups is 1. The largest absolute Gasteiger partial charge is 0.486 e. The third kappa shape index (κ3) is 8.96. The van der Waals surface area contributed by atoms with Crippen LogP contribution in [0.15, 0.2) is 90.8 Å². The predicted octanol–water partition coefficient (Wildman–Crippen LogP) is 8.77. The monoisotopic (exact) mass is 1020 g/mol. The first-order valence-corrected chi connectivity index (χ1v) is 25.2. The summed E-state index contributed by atoms with van der Waals surface area (Å²) >= 11 is 0. The Balaban J connectivity index is 0.818. The van der Waals surface area contributed by atoms with Gasteiger partial charge in [0.15, 0.2) is 23.2 Å². The molecule has 75 heavy (non-hydrogen) atoms. The highest BCUT2D eigenvalue weighted by Crippen LogP contribution is 2.53. The Morgan fingerprint density at radius 3 is 2.39 bits per heavy atom. The van der Waals surface area contributed by atoms with Gasteiger partial charge >= 0.3 is 0 Å². The lowest BCUT2D eigenvalue weighted by atomic mass is 9.87. The topological polar surface area (TPSA) is 203 Å². The molecule has 11 rings (SSSR count).